The molecule has 2 rings (SSSR count). The third-order valence-corrected chi connectivity index (χ3v) is 2.15. The summed E-state index contributed by atoms with van der Waals surface area (Å²) in [6, 6.07) is 6.82. The van der Waals surface area contributed by atoms with E-state index in [1.807, 2.05) is 0 Å². The molecule has 4 N–H and O–H groups in total. The number of benzene rings is 1. The van der Waals surface area contributed by atoms with Crippen molar-refractivity contribution < 1.29 is 19.0 Å². The van der Waals surface area contributed by atoms with Gasteiger partial charge in [-0.3, -0.25) is 5.32 Å². The molecule has 0 atom stereocenters. The Morgan fingerprint density at radius 1 is 1.37 bits per heavy atom. The monoisotopic (exact) mass is 263 g/mol. The predicted molar refractivity (Wildman–Crippen MR) is 66.8 cm³/mol. The second kappa shape index (κ2) is 5.21. The van der Waals surface area contributed by atoms with Crippen molar-refractivity contribution in [3.63, 3.8) is 0 Å². The second-order valence-electron chi connectivity index (χ2n) is 3.60. The Morgan fingerprint density at radius 2 is 2.16 bits per heavy atom. The highest BCUT2D eigenvalue weighted by Gasteiger charge is 2.07. The zero-order valence-electron chi connectivity index (χ0n) is 9.63. The van der Waals surface area contributed by atoms with Crippen LogP contribution in [0, 0.1) is 5.82 Å². The highest BCUT2D eigenvalue weighted by molar-refractivity contribution is 5.81. The fourth-order valence-electron chi connectivity index (χ4n) is 1.38. The van der Waals surface area contributed by atoms with Crippen molar-refractivity contribution in [2.45, 2.75) is 0 Å². The van der Waals surface area contributed by atoms with E-state index < -0.39 is 11.9 Å². The van der Waals surface area contributed by atoms with Crippen LogP contribution < -0.4 is 15.8 Å². The van der Waals surface area contributed by atoms with Crippen LogP contribution in [0.2, 0.25) is 0 Å². The van der Waals surface area contributed by atoms with E-state index >= 15 is 0 Å². The van der Waals surface area contributed by atoms with Crippen LogP contribution in [-0.4, -0.2) is 16.2 Å². The first-order valence-corrected chi connectivity index (χ1v) is 5.23. The van der Waals surface area contributed by atoms with Crippen LogP contribution in [0.4, 0.5) is 20.7 Å². The van der Waals surface area contributed by atoms with E-state index in [1.54, 1.807) is 0 Å². The summed E-state index contributed by atoms with van der Waals surface area (Å²) in [5.74, 6) is -0.283. The molecule has 1 amide bonds. The Balaban J connectivity index is 2.21. The quantitative estimate of drug-likeness (QED) is 0.739. The third-order valence-electron chi connectivity index (χ3n) is 2.15. The lowest BCUT2D eigenvalue weighted by Gasteiger charge is -2.08. The first kappa shape index (κ1) is 12.6. The maximum atomic E-state index is 13.5. The van der Waals surface area contributed by atoms with Crippen LogP contribution in [0.1, 0.15) is 0 Å². The molecule has 0 saturated heterocycles. The lowest BCUT2D eigenvalue weighted by Crippen LogP contribution is -2.08. The fraction of sp³-hybridized carbons (Fsp3) is 0. The fourth-order valence-corrected chi connectivity index (χ4v) is 1.38. The number of nitrogen functional groups attached to an aromatic ring is 1. The van der Waals surface area contributed by atoms with Crippen LogP contribution >= 0.6 is 0 Å². The van der Waals surface area contributed by atoms with Gasteiger partial charge in [-0.25, -0.2) is 14.2 Å². The SMILES string of the molecule is Nc1ccc(Oc2ccnc(NC(=O)O)c2)c(F)c1. The number of ether oxygens (including phenoxy) is 1. The number of nitrogens with two attached hydrogens (primary N) is 1. The summed E-state index contributed by atoms with van der Waals surface area (Å²) in [6.45, 7) is 0. The van der Waals surface area contributed by atoms with Gasteiger partial charge >= 0.3 is 6.09 Å². The molecule has 0 spiro atoms. The molecule has 0 fully saturated rings. The molecule has 0 radical (unpaired) electrons. The lowest BCUT2D eigenvalue weighted by atomic mass is 10.3. The van der Waals surface area contributed by atoms with Crippen molar-refractivity contribution in [1.29, 1.82) is 0 Å². The van der Waals surface area contributed by atoms with Crippen molar-refractivity contribution in [3.05, 3.63) is 42.3 Å². The molecule has 0 unspecified atom stereocenters. The van der Waals surface area contributed by atoms with Gasteiger partial charge in [0.1, 0.15) is 11.6 Å². The minimum Gasteiger partial charge on any atom is -0.465 e. The van der Waals surface area contributed by atoms with Crippen molar-refractivity contribution >= 4 is 17.6 Å². The summed E-state index contributed by atoms with van der Waals surface area (Å²) in [5.41, 5.74) is 5.70. The highest BCUT2D eigenvalue weighted by atomic mass is 19.1. The van der Waals surface area contributed by atoms with E-state index in [1.165, 1.54) is 30.5 Å². The first-order valence-electron chi connectivity index (χ1n) is 5.23. The van der Waals surface area contributed by atoms with E-state index in [-0.39, 0.29) is 23.0 Å². The van der Waals surface area contributed by atoms with Gasteiger partial charge in [-0.15, -0.1) is 0 Å². The predicted octanol–water partition coefficient (Wildman–Crippen LogP) is 2.69. The highest BCUT2D eigenvalue weighted by Crippen LogP contribution is 2.26. The lowest BCUT2D eigenvalue weighted by molar-refractivity contribution is 0.209. The molecule has 1 heterocycles. The minimum atomic E-state index is -1.25. The van der Waals surface area contributed by atoms with Gasteiger partial charge in [-0.05, 0) is 18.2 Å². The van der Waals surface area contributed by atoms with Crippen LogP contribution in [0.15, 0.2) is 36.5 Å². The molecule has 0 aliphatic heterocycles. The number of rotatable bonds is 3. The van der Waals surface area contributed by atoms with Gasteiger partial charge in [0.15, 0.2) is 11.6 Å². The molecule has 2 aromatic rings. The Morgan fingerprint density at radius 3 is 2.84 bits per heavy atom. The van der Waals surface area contributed by atoms with Gasteiger partial charge in [0.25, 0.3) is 0 Å². The Bertz CT molecular complexity index is 619. The minimum absolute atomic E-state index is 0.0123. The van der Waals surface area contributed by atoms with Crippen LogP contribution in [0.3, 0.4) is 0 Å². The molecule has 98 valence electrons. The molecule has 0 bridgehead atoms. The number of nitrogens with one attached hydrogen (secondary N) is 1. The Labute approximate surface area is 107 Å². The number of aromatic nitrogens is 1. The topological polar surface area (TPSA) is 97.5 Å². The van der Waals surface area contributed by atoms with Crippen molar-refractivity contribution in [1.82, 2.24) is 4.98 Å². The number of carboxylic acid groups (broad SMARTS) is 1. The molecule has 7 heteroatoms. The smallest absolute Gasteiger partial charge is 0.410 e. The summed E-state index contributed by atoms with van der Waals surface area (Å²) in [6.07, 6.45) is 0.0961. The van der Waals surface area contributed by atoms with Crippen LogP contribution in [0.25, 0.3) is 0 Å². The molecular weight excluding hydrogens is 253 g/mol. The zero-order chi connectivity index (χ0) is 13.8. The van der Waals surface area contributed by atoms with E-state index in [9.17, 15) is 9.18 Å². The van der Waals surface area contributed by atoms with E-state index in [0.29, 0.717) is 0 Å². The van der Waals surface area contributed by atoms with Crippen molar-refractivity contribution in [2.24, 2.45) is 0 Å². The summed E-state index contributed by atoms with van der Waals surface area (Å²) < 4.78 is 18.8. The maximum absolute atomic E-state index is 13.5. The molecule has 1 aromatic carbocycles. The van der Waals surface area contributed by atoms with E-state index in [0.717, 1.165) is 6.07 Å². The van der Waals surface area contributed by atoms with E-state index in [4.69, 9.17) is 15.6 Å². The number of pyridine rings is 1. The summed E-state index contributed by atoms with van der Waals surface area (Å²) in [5, 5.41) is 10.6. The first-order chi connectivity index (χ1) is 9.04. The van der Waals surface area contributed by atoms with Gasteiger partial charge in [0.05, 0.1) is 0 Å². The van der Waals surface area contributed by atoms with Gasteiger partial charge in [-0.2, -0.15) is 0 Å². The standard InChI is InChI=1S/C12H10FN3O3/c13-9-5-7(14)1-2-10(9)19-8-3-4-15-11(6-8)16-12(17)18/h1-6H,14H2,(H,15,16)(H,17,18). The normalized spacial score (nSPS) is 9.95. The Hall–Kier alpha value is -2.83. The zero-order valence-corrected chi connectivity index (χ0v) is 9.63. The molecule has 0 saturated carbocycles. The molecule has 0 aliphatic rings. The number of nitrogens with zero attached hydrogens (tertiary/aromatic N) is 1. The molecular formula is C12H10FN3O3. The van der Waals surface area contributed by atoms with E-state index in [2.05, 4.69) is 10.3 Å². The number of hydrogen-bond acceptors (Lipinski definition) is 4. The molecule has 19 heavy (non-hydrogen) atoms. The van der Waals surface area contributed by atoms with Gasteiger partial charge in [-0.1, -0.05) is 0 Å². The summed E-state index contributed by atoms with van der Waals surface area (Å²) in [4.78, 5) is 14.2. The Kier molecular flexibility index (Phi) is 3.46. The van der Waals surface area contributed by atoms with Gasteiger partial charge in [0.2, 0.25) is 0 Å². The second-order valence-corrected chi connectivity index (χ2v) is 3.60. The van der Waals surface area contributed by atoms with Crippen molar-refractivity contribution in [3.8, 4) is 11.5 Å². The number of amides is 1. The number of halogens is 1. The molecule has 6 nitrogen and oxygen atoms in total. The van der Waals surface area contributed by atoms with Gasteiger partial charge < -0.3 is 15.6 Å². The van der Waals surface area contributed by atoms with Crippen LogP contribution in [0.5, 0.6) is 11.5 Å². The molecule has 0 aliphatic carbocycles. The summed E-state index contributed by atoms with van der Waals surface area (Å²) in [7, 11) is 0. The van der Waals surface area contributed by atoms with Gasteiger partial charge in [0, 0.05) is 24.0 Å². The van der Waals surface area contributed by atoms with Crippen LogP contribution in [-0.2, 0) is 0 Å². The third kappa shape index (κ3) is 3.32. The van der Waals surface area contributed by atoms with Crippen molar-refractivity contribution in [2.75, 3.05) is 11.1 Å². The number of carbonyl (C=O) groups is 1. The molecule has 1 aromatic heterocycles. The maximum Gasteiger partial charge on any atom is 0.410 e. The average molecular weight is 263 g/mol. The largest absolute Gasteiger partial charge is 0.465 e. The number of anilines is 2. The number of hydrogen-bond donors (Lipinski definition) is 3. The average Bonchev–Trinajstić information content (AvgIpc) is 2.32. The summed E-state index contributed by atoms with van der Waals surface area (Å²) >= 11 is 0.